The predicted molar refractivity (Wildman–Crippen MR) is 94.5 cm³/mol. The van der Waals surface area contributed by atoms with Gasteiger partial charge in [-0.25, -0.2) is 4.79 Å². The number of nitrogens with one attached hydrogen (secondary N) is 1. The Kier molecular flexibility index (Phi) is 3.85. The van der Waals surface area contributed by atoms with Crippen LogP contribution < -0.4 is 0 Å². The van der Waals surface area contributed by atoms with Crippen molar-refractivity contribution in [2.45, 2.75) is 44.8 Å². The third kappa shape index (κ3) is 2.62. The molecule has 128 valence electrons. The van der Waals surface area contributed by atoms with E-state index in [-0.39, 0.29) is 0 Å². The summed E-state index contributed by atoms with van der Waals surface area (Å²) in [6.45, 7) is 4.84. The van der Waals surface area contributed by atoms with Crippen LogP contribution in [0.5, 0.6) is 0 Å². The molecule has 0 spiro atoms. The summed E-state index contributed by atoms with van der Waals surface area (Å²) in [6, 6.07) is 7.42. The highest BCUT2D eigenvalue weighted by molar-refractivity contribution is 5.97. The minimum atomic E-state index is -0.868. The second-order valence-electron chi connectivity index (χ2n) is 7.41. The molecule has 2 bridgehead atoms. The van der Waals surface area contributed by atoms with E-state index in [4.69, 9.17) is 0 Å². The molecule has 0 unspecified atom stereocenters. The predicted octanol–water partition coefficient (Wildman–Crippen LogP) is 2.84. The van der Waals surface area contributed by atoms with Gasteiger partial charge in [0, 0.05) is 48.2 Å². The monoisotopic (exact) mass is 327 g/mol. The van der Waals surface area contributed by atoms with Crippen molar-refractivity contribution in [3.8, 4) is 0 Å². The Morgan fingerprint density at radius 1 is 1.29 bits per heavy atom. The largest absolute Gasteiger partial charge is 0.477 e. The van der Waals surface area contributed by atoms with Crippen LogP contribution in [0.1, 0.15) is 40.9 Å². The number of carboxylic acids is 1. The number of hydrogen-bond donors (Lipinski definition) is 2. The van der Waals surface area contributed by atoms with Crippen LogP contribution in [-0.2, 0) is 6.54 Å². The molecule has 5 heteroatoms. The zero-order valence-corrected chi connectivity index (χ0v) is 14.4. The topological polar surface area (TPSA) is 59.6 Å². The van der Waals surface area contributed by atoms with Crippen LogP contribution in [0, 0.1) is 6.92 Å². The summed E-state index contributed by atoms with van der Waals surface area (Å²) in [6.07, 6.45) is 3.74. The van der Waals surface area contributed by atoms with Gasteiger partial charge in [0.2, 0.25) is 0 Å². The van der Waals surface area contributed by atoms with Crippen LogP contribution in [0.25, 0.3) is 10.9 Å². The van der Waals surface area contributed by atoms with Gasteiger partial charge >= 0.3 is 5.97 Å². The molecule has 1 aromatic heterocycles. The molecule has 0 saturated carbocycles. The zero-order chi connectivity index (χ0) is 16.8. The van der Waals surface area contributed by atoms with E-state index in [1.807, 2.05) is 12.1 Å². The summed E-state index contributed by atoms with van der Waals surface area (Å²) >= 11 is 0. The molecule has 0 amide bonds. The summed E-state index contributed by atoms with van der Waals surface area (Å²) in [7, 11) is 2.24. The highest BCUT2D eigenvalue weighted by Crippen LogP contribution is 2.31. The number of benzene rings is 1. The number of aromatic nitrogens is 1. The number of carboxylic acid groups (broad SMARTS) is 1. The van der Waals surface area contributed by atoms with E-state index in [1.54, 1.807) is 0 Å². The number of likely N-dealkylation sites (tertiary alicyclic amines) is 1. The van der Waals surface area contributed by atoms with Crippen LogP contribution in [0.2, 0.25) is 0 Å². The van der Waals surface area contributed by atoms with Gasteiger partial charge < -0.3 is 10.1 Å². The minimum Gasteiger partial charge on any atom is -0.477 e. The number of likely N-dealkylation sites (N-methyl/N-ethyl adjacent to an activating group) is 1. The third-order valence-electron chi connectivity index (χ3n) is 5.89. The molecule has 2 fully saturated rings. The molecule has 3 heterocycles. The van der Waals surface area contributed by atoms with E-state index < -0.39 is 5.97 Å². The Bertz CT molecular complexity index is 782. The molecule has 2 aliphatic heterocycles. The van der Waals surface area contributed by atoms with Crippen LogP contribution >= 0.6 is 0 Å². The molecule has 4 rings (SSSR count). The van der Waals surface area contributed by atoms with Gasteiger partial charge in [-0.3, -0.25) is 9.80 Å². The second kappa shape index (κ2) is 5.90. The second-order valence-corrected chi connectivity index (χ2v) is 7.41. The molecule has 2 N–H and O–H groups in total. The maximum atomic E-state index is 11.7. The molecule has 2 atom stereocenters. The van der Waals surface area contributed by atoms with Crippen molar-refractivity contribution in [3.05, 3.63) is 35.0 Å². The van der Waals surface area contributed by atoms with Crippen molar-refractivity contribution < 1.29 is 9.90 Å². The minimum absolute atomic E-state index is 0.346. The Morgan fingerprint density at radius 2 is 2.08 bits per heavy atom. The normalized spacial score (nSPS) is 25.2. The number of H-pyrrole nitrogens is 1. The maximum absolute atomic E-state index is 11.7. The van der Waals surface area contributed by atoms with Crippen LogP contribution in [-0.4, -0.2) is 58.1 Å². The number of hydrogen-bond acceptors (Lipinski definition) is 3. The third-order valence-corrected chi connectivity index (χ3v) is 5.89. The average molecular weight is 327 g/mol. The number of aromatic carboxylic acids is 1. The standard InChI is InChI=1S/C19H25N3O2/c1-12-3-6-17-15(9-12)16(18(20-17)19(23)24)11-22-8-7-13-4-5-14(10-22)21(13)2/h3,6,9,13-14,20H,4-5,7-8,10-11H2,1-2H3,(H,23,24)/t13-,14+/m0/s1. The van der Waals surface area contributed by atoms with Crippen LogP contribution in [0.3, 0.4) is 0 Å². The van der Waals surface area contributed by atoms with Crippen LogP contribution in [0.15, 0.2) is 18.2 Å². The molecule has 5 nitrogen and oxygen atoms in total. The number of carbonyl (C=O) groups is 1. The fourth-order valence-electron chi connectivity index (χ4n) is 4.45. The molecule has 0 radical (unpaired) electrons. The van der Waals surface area contributed by atoms with Gasteiger partial charge in [0.15, 0.2) is 0 Å². The van der Waals surface area contributed by atoms with Gasteiger partial charge in [0.05, 0.1) is 0 Å². The molecule has 24 heavy (non-hydrogen) atoms. The van der Waals surface area contributed by atoms with E-state index in [0.717, 1.165) is 35.1 Å². The lowest BCUT2D eigenvalue weighted by atomic mass is 10.1. The van der Waals surface area contributed by atoms with Crippen LogP contribution in [0.4, 0.5) is 0 Å². The van der Waals surface area contributed by atoms with E-state index in [9.17, 15) is 9.90 Å². The number of fused-ring (bicyclic) bond motifs is 3. The fraction of sp³-hybridized carbons (Fsp3) is 0.526. The summed E-state index contributed by atoms with van der Waals surface area (Å²) < 4.78 is 0. The lowest BCUT2D eigenvalue weighted by Gasteiger charge is -2.25. The van der Waals surface area contributed by atoms with Gasteiger partial charge in [0.25, 0.3) is 0 Å². The molecule has 2 aliphatic rings. The van der Waals surface area contributed by atoms with Gasteiger partial charge in [-0.1, -0.05) is 11.6 Å². The van der Waals surface area contributed by atoms with Crippen molar-refractivity contribution in [3.63, 3.8) is 0 Å². The van der Waals surface area contributed by atoms with E-state index >= 15 is 0 Å². The summed E-state index contributed by atoms with van der Waals surface area (Å²) in [5.74, 6) is -0.868. The molecular formula is C19H25N3O2. The summed E-state index contributed by atoms with van der Waals surface area (Å²) in [5.41, 5.74) is 3.36. The highest BCUT2D eigenvalue weighted by atomic mass is 16.4. The number of nitrogens with zero attached hydrogens (tertiary/aromatic N) is 2. The average Bonchev–Trinajstić information content (AvgIpc) is 3.00. The first-order valence-electron chi connectivity index (χ1n) is 8.81. The summed E-state index contributed by atoms with van der Waals surface area (Å²) in [4.78, 5) is 19.8. The van der Waals surface area contributed by atoms with E-state index in [0.29, 0.717) is 24.3 Å². The van der Waals surface area contributed by atoms with Crippen molar-refractivity contribution in [1.29, 1.82) is 0 Å². The van der Waals surface area contributed by atoms with Crippen molar-refractivity contribution in [1.82, 2.24) is 14.8 Å². The Morgan fingerprint density at radius 3 is 2.88 bits per heavy atom. The highest BCUT2D eigenvalue weighted by Gasteiger charge is 2.35. The van der Waals surface area contributed by atoms with Gasteiger partial charge in [-0.05, 0) is 45.4 Å². The zero-order valence-electron chi connectivity index (χ0n) is 14.4. The lowest BCUT2D eigenvalue weighted by Crippen LogP contribution is -2.36. The Balaban J connectivity index is 1.67. The first-order valence-corrected chi connectivity index (χ1v) is 8.81. The maximum Gasteiger partial charge on any atom is 0.352 e. The number of aromatic amines is 1. The molecule has 0 aliphatic carbocycles. The van der Waals surface area contributed by atoms with E-state index in [2.05, 4.69) is 34.8 Å². The Labute approximate surface area is 142 Å². The number of rotatable bonds is 3. The molecule has 2 saturated heterocycles. The smallest absolute Gasteiger partial charge is 0.352 e. The fourth-order valence-corrected chi connectivity index (χ4v) is 4.45. The lowest BCUT2D eigenvalue weighted by molar-refractivity contribution is 0.0689. The molecular weight excluding hydrogens is 302 g/mol. The molecule has 2 aromatic rings. The SMILES string of the molecule is Cc1ccc2[nH]c(C(=O)O)c(CN3CC[C@@H]4CC[C@H](C3)N4C)c2c1. The quantitative estimate of drug-likeness (QED) is 0.910. The van der Waals surface area contributed by atoms with E-state index in [1.165, 1.54) is 19.3 Å². The number of aryl methyl sites for hydroxylation is 1. The van der Waals surface area contributed by atoms with Gasteiger partial charge in [-0.15, -0.1) is 0 Å². The first kappa shape index (κ1) is 15.7. The molecule has 1 aromatic carbocycles. The summed E-state index contributed by atoms with van der Waals surface area (Å²) in [5, 5.41) is 10.7. The van der Waals surface area contributed by atoms with Gasteiger partial charge in [0.1, 0.15) is 5.69 Å². The van der Waals surface area contributed by atoms with Crippen molar-refractivity contribution >= 4 is 16.9 Å². The van der Waals surface area contributed by atoms with Crippen molar-refractivity contribution in [2.24, 2.45) is 0 Å². The van der Waals surface area contributed by atoms with Gasteiger partial charge in [-0.2, -0.15) is 0 Å². The first-order chi connectivity index (χ1) is 11.5. The Hall–Kier alpha value is -1.85. The van der Waals surface area contributed by atoms with Crippen molar-refractivity contribution in [2.75, 3.05) is 20.1 Å².